The van der Waals surface area contributed by atoms with Gasteiger partial charge in [-0.05, 0) is 18.2 Å². The number of rotatable bonds is 3. The molecule has 21 heavy (non-hydrogen) atoms. The first-order valence-electron chi connectivity index (χ1n) is 6.42. The van der Waals surface area contributed by atoms with Gasteiger partial charge in [-0.1, -0.05) is 29.8 Å². The number of hydrogen-bond donors (Lipinski definition) is 1. The van der Waals surface area contributed by atoms with Crippen molar-refractivity contribution in [3.05, 3.63) is 60.0 Å². The molecule has 0 saturated carbocycles. The minimum Gasteiger partial charge on any atom is -0.495 e. The van der Waals surface area contributed by atoms with Gasteiger partial charge in [0.25, 0.3) is 0 Å². The van der Waals surface area contributed by atoms with Crippen LogP contribution in [0.1, 0.15) is 0 Å². The van der Waals surface area contributed by atoms with Crippen molar-refractivity contribution in [3.63, 3.8) is 0 Å². The summed E-state index contributed by atoms with van der Waals surface area (Å²) in [5.41, 5.74) is 9.20. The number of methoxy groups -OCH3 is 1. The Kier molecular flexibility index (Phi) is 3.54. The molecular weight excluding hydrogens is 286 g/mol. The molecule has 2 N–H and O–H groups in total. The van der Waals surface area contributed by atoms with Crippen molar-refractivity contribution in [2.24, 2.45) is 0 Å². The van der Waals surface area contributed by atoms with Crippen LogP contribution in [0.3, 0.4) is 0 Å². The minimum atomic E-state index is 0.598. The van der Waals surface area contributed by atoms with Gasteiger partial charge in [-0.15, -0.1) is 0 Å². The highest BCUT2D eigenvalue weighted by Crippen LogP contribution is 2.31. The number of nitrogens with zero attached hydrogens (tertiary/aromatic N) is 2. The molecule has 1 aromatic heterocycles. The lowest BCUT2D eigenvalue weighted by atomic mass is 10.1. The van der Waals surface area contributed by atoms with Crippen molar-refractivity contribution in [2.75, 3.05) is 12.8 Å². The summed E-state index contributed by atoms with van der Waals surface area (Å²) in [4.78, 5) is 4.23. The molecule has 0 bridgehead atoms. The smallest absolute Gasteiger partial charge is 0.143 e. The molecule has 0 amide bonds. The van der Waals surface area contributed by atoms with Crippen molar-refractivity contribution in [2.45, 2.75) is 0 Å². The second kappa shape index (κ2) is 5.50. The normalized spacial score (nSPS) is 10.6. The van der Waals surface area contributed by atoms with Crippen LogP contribution in [0.15, 0.2) is 55.0 Å². The molecule has 0 aliphatic carbocycles. The molecule has 0 radical (unpaired) electrons. The van der Waals surface area contributed by atoms with Gasteiger partial charge in [0.05, 0.1) is 36.7 Å². The van der Waals surface area contributed by atoms with Gasteiger partial charge < -0.3 is 10.5 Å². The zero-order valence-electron chi connectivity index (χ0n) is 11.5. The highest BCUT2D eigenvalue weighted by molar-refractivity contribution is 6.33. The van der Waals surface area contributed by atoms with E-state index in [1.807, 2.05) is 47.0 Å². The van der Waals surface area contributed by atoms with E-state index in [2.05, 4.69) is 4.98 Å². The number of ether oxygens (including phenoxy) is 1. The summed E-state index contributed by atoms with van der Waals surface area (Å²) < 4.78 is 7.22. The van der Waals surface area contributed by atoms with Crippen LogP contribution in [0.2, 0.25) is 5.02 Å². The number of hydrogen-bond acceptors (Lipinski definition) is 3. The molecule has 0 unspecified atom stereocenters. The van der Waals surface area contributed by atoms with E-state index in [0.29, 0.717) is 16.5 Å². The lowest BCUT2D eigenvalue weighted by molar-refractivity contribution is 0.417. The van der Waals surface area contributed by atoms with Crippen LogP contribution in [0, 0.1) is 0 Å². The van der Waals surface area contributed by atoms with Gasteiger partial charge in [-0.3, -0.25) is 4.57 Å². The standard InChI is InChI=1S/C16H14ClN3O/c1-21-16-8-11(6-7-14(16)18)20-10-19-9-15(20)12-4-2-3-5-13(12)17/h2-10H,18H2,1H3. The van der Waals surface area contributed by atoms with Gasteiger partial charge in [0.2, 0.25) is 0 Å². The van der Waals surface area contributed by atoms with Crippen molar-refractivity contribution < 1.29 is 4.74 Å². The maximum Gasteiger partial charge on any atom is 0.143 e. The number of aromatic nitrogens is 2. The summed E-state index contributed by atoms with van der Waals surface area (Å²) in [5, 5.41) is 0.682. The van der Waals surface area contributed by atoms with Crippen LogP contribution in [0.4, 0.5) is 5.69 Å². The van der Waals surface area contributed by atoms with E-state index in [9.17, 15) is 0 Å². The van der Waals surface area contributed by atoms with Crippen LogP contribution < -0.4 is 10.5 Å². The van der Waals surface area contributed by atoms with Crippen LogP contribution >= 0.6 is 11.6 Å². The molecule has 0 aliphatic rings. The Morgan fingerprint density at radius 1 is 1.19 bits per heavy atom. The predicted molar refractivity (Wildman–Crippen MR) is 85.0 cm³/mol. The van der Waals surface area contributed by atoms with Crippen molar-refractivity contribution >= 4 is 17.3 Å². The number of benzene rings is 2. The fraction of sp³-hybridized carbons (Fsp3) is 0.0625. The van der Waals surface area contributed by atoms with Crippen LogP contribution in [0.25, 0.3) is 16.9 Å². The van der Waals surface area contributed by atoms with Crippen molar-refractivity contribution in [1.82, 2.24) is 9.55 Å². The van der Waals surface area contributed by atoms with E-state index < -0.39 is 0 Å². The molecule has 0 aliphatic heterocycles. The molecule has 1 heterocycles. The summed E-state index contributed by atoms with van der Waals surface area (Å²) in [5.74, 6) is 0.631. The number of anilines is 1. The molecule has 106 valence electrons. The average Bonchev–Trinajstić information content (AvgIpc) is 2.97. The Labute approximate surface area is 127 Å². The van der Waals surface area contributed by atoms with E-state index in [-0.39, 0.29) is 0 Å². The summed E-state index contributed by atoms with van der Waals surface area (Å²) in [7, 11) is 1.60. The fourth-order valence-electron chi connectivity index (χ4n) is 2.22. The topological polar surface area (TPSA) is 53.1 Å². The maximum atomic E-state index is 6.27. The van der Waals surface area contributed by atoms with Crippen LogP contribution in [-0.2, 0) is 0 Å². The Hall–Kier alpha value is -2.46. The Balaban J connectivity index is 2.14. The first-order valence-corrected chi connectivity index (χ1v) is 6.79. The first-order chi connectivity index (χ1) is 10.2. The maximum absolute atomic E-state index is 6.27. The van der Waals surface area contributed by atoms with Gasteiger partial charge >= 0.3 is 0 Å². The summed E-state index contributed by atoms with van der Waals surface area (Å²) in [6.07, 6.45) is 3.52. The Morgan fingerprint density at radius 2 is 2.00 bits per heavy atom. The number of nitrogen functional groups attached to an aromatic ring is 1. The third kappa shape index (κ3) is 2.45. The lowest BCUT2D eigenvalue weighted by Crippen LogP contribution is -1.98. The van der Waals surface area contributed by atoms with Crippen LogP contribution in [-0.4, -0.2) is 16.7 Å². The second-order valence-corrected chi connectivity index (χ2v) is 4.96. The van der Waals surface area contributed by atoms with E-state index >= 15 is 0 Å². The Bertz CT molecular complexity index is 783. The fourth-order valence-corrected chi connectivity index (χ4v) is 2.45. The minimum absolute atomic E-state index is 0.598. The number of nitrogens with two attached hydrogens (primary N) is 1. The van der Waals surface area contributed by atoms with Crippen molar-refractivity contribution in [3.8, 4) is 22.7 Å². The molecule has 3 aromatic rings. The highest BCUT2D eigenvalue weighted by Gasteiger charge is 2.11. The SMILES string of the molecule is COc1cc(-n2cncc2-c2ccccc2Cl)ccc1N. The second-order valence-electron chi connectivity index (χ2n) is 4.55. The van der Waals surface area contributed by atoms with Gasteiger partial charge in [0.1, 0.15) is 5.75 Å². The number of imidazole rings is 1. The first kappa shape index (κ1) is 13.5. The van der Waals surface area contributed by atoms with Gasteiger partial charge in [0.15, 0.2) is 0 Å². The molecule has 4 nitrogen and oxygen atoms in total. The average molecular weight is 300 g/mol. The predicted octanol–water partition coefficient (Wildman–Crippen LogP) is 3.78. The van der Waals surface area contributed by atoms with E-state index in [1.54, 1.807) is 19.6 Å². The molecule has 0 fully saturated rings. The quantitative estimate of drug-likeness (QED) is 0.749. The van der Waals surface area contributed by atoms with E-state index in [1.165, 1.54) is 0 Å². The van der Waals surface area contributed by atoms with Gasteiger partial charge in [-0.2, -0.15) is 0 Å². The van der Waals surface area contributed by atoms with E-state index in [0.717, 1.165) is 16.9 Å². The third-order valence-corrected chi connectivity index (χ3v) is 3.61. The highest BCUT2D eigenvalue weighted by atomic mass is 35.5. The summed E-state index contributed by atoms with van der Waals surface area (Å²) in [6, 6.07) is 13.3. The molecule has 2 aromatic carbocycles. The molecule has 3 rings (SSSR count). The Morgan fingerprint density at radius 3 is 2.76 bits per heavy atom. The van der Waals surface area contributed by atoms with Crippen LogP contribution in [0.5, 0.6) is 5.75 Å². The monoisotopic (exact) mass is 299 g/mol. The zero-order valence-corrected chi connectivity index (χ0v) is 12.2. The summed E-state index contributed by atoms with van der Waals surface area (Å²) in [6.45, 7) is 0. The molecule has 0 spiro atoms. The summed E-state index contributed by atoms with van der Waals surface area (Å²) >= 11 is 6.27. The van der Waals surface area contributed by atoms with Crippen molar-refractivity contribution in [1.29, 1.82) is 0 Å². The van der Waals surface area contributed by atoms with Gasteiger partial charge in [0, 0.05) is 16.7 Å². The zero-order chi connectivity index (χ0) is 14.8. The molecule has 5 heteroatoms. The molecule has 0 atom stereocenters. The molecule has 0 saturated heterocycles. The number of halogens is 1. The van der Waals surface area contributed by atoms with Gasteiger partial charge in [-0.25, -0.2) is 4.98 Å². The lowest BCUT2D eigenvalue weighted by Gasteiger charge is -2.12. The third-order valence-electron chi connectivity index (χ3n) is 3.28. The largest absolute Gasteiger partial charge is 0.495 e. The van der Waals surface area contributed by atoms with E-state index in [4.69, 9.17) is 22.1 Å². The molecular formula is C16H14ClN3O.